The fourth-order valence-corrected chi connectivity index (χ4v) is 2.76. The Morgan fingerprint density at radius 3 is 2.17 bits per heavy atom. The van der Waals surface area contributed by atoms with Crippen LogP contribution < -0.4 is 0 Å². The maximum Gasteiger partial charge on any atom is 0.329 e. The molecule has 1 saturated heterocycles. The van der Waals surface area contributed by atoms with Crippen molar-refractivity contribution in [1.82, 2.24) is 9.80 Å². The number of rotatable bonds is 5. The molecule has 0 N–H and O–H groups in total. The molecule has 1 atom stereocenters. The molecular weight excluding hydrogens is 320 g/mol. The Bertz CT molecular complexity index is 467. The molecule has 0 aromatic heterocycles. The van der Waals surface area contributed by atoms with Crippen molar-refractivity contribution in [3.63, 3.8) is 0 Å². The first-order valence-electron chi connectivity index (χ1n) is 7.81. The highest BCUT2D eigenvalue weighted by Crippen LogP contribution is 2.22. The normalized spacial score (nSPS) is 16.8. The highest BCUT2D eigenvalue weighted by Gasteiger charge is 2.41. The number of halogens is 1. The van der Waals surface area contributed by atoms with Gasteiger partial charge in [-0.05, 0) is 26.7 Å². The monoisotopic (exact) mass is 346 g/mol. The Kier molecular flexibility index (Phi) is 6.45. The largest absolute Gasteiger partial charge is 0.458 e. The molecule has 1 aliphatic heterocycles. The number of likely N-dealkylation sites (N-methyl/N-ethyl adjacent to an activating group) is 1. The smallest absolute Gasteiger partial charge is 0.329 e. The van der Waals surface area contributed by atoms with Crippen LogP contribution in [0.3, 0.4) is 0 Å². The van der Waals surface area contributed by atoms with Crippen LogP contribution in [0.4, 0.5) is 0 Å². The number of hydrogen-bond acceptors (Lipinski definition) is 4. The summed E-state index contributed by atoms with van der Waals surface area (Å²) in [6, 6.07) is -0.639. The standard InChI is InChI=1S/C16H27ClN2O4/c1-10(2)13(15(22)23-16(3,4)5)18(6)14(21)11-8-19(9-11)12(20)7-17/h10-11,13H,7-9H2,1-6H3. The van der Waals surface area contributed by atoms with E-state index in [4.69, 9.17) is 16.3 Å². The average molecular weight is 347 g/mol. The number of amides is 2. The fraction of sp³-hybridized carbons (Fsp3) is 0.812. The quantitative estimate of drug-likeness (QED) is 0.559. The van der Waals surface area contributed by atoms with Gasteiger partial charge < -0.3 is 14.5 Å². The number of esters is 1. The van der Waals surface area contributed by atoms with Gasteiger partial charge in [0.1, 0.15) is 17.5 Å². The van der Waals surface area contributed by atoms with Gasteiger partial charge in [0.25, 0.3) is 0 Å². The number of nitrogens with zero attached hydrogens (tertiary/aromatic N) is 2. The summed E-state index contributed by atoms with van der Waals surface area (Å²) in [5.41, 5.74) is -0.603. The zero-order chi connectivity index (χ0) is 17.9. The van der Waals surface area contributed by atoms with Crippen molar-refractivity contribution in [2.24, 2.45) is 11.8 Å². The molecule has 23 heavy (non-hydrogen) atoms. The second-order valence-corrected chi connectivity index (χ2v) is 7.57. The molecule has 132 valence electrons. The van der Waals surface area contributed by atoms with E-state index in [1.165, 1.54) is 4.90 Å². The number of carbonyl (C=O) groups excluding carboxylic acids is 3. The summed E-state index contributed by atoms with van der Waals surface area (Å²) >= 11 is 5.50. The summed E-state index contributed by atoms with van der Waals surface area (Å²) in [6.45, 7) is 9.86. The third-order valence-electron chi connectivity index (χ3n) is 3.74. The van der Waals surface area contributed by atoms with Crippen LogP contribution in [0, 0.1) is 11.8 Å². The third-order valence-corrected chi connectivity index (χ3v) is 3.97. The van der Waals surface area contributed by atoms with Crippen molar-refractivity contribution in [3.05, 3.63) is 0 Å². The predicted molar refractivity (Wildman–Crippen MR) is 88.0 cm³/mol. The van der Waals surface area contributed by atoms with Gasteiger partial charge in [0.05, 0.1) is 5.92 Å². The summed E-state index contributed by atoms with van der Waals surface area (Å²) < 4.78 is 5.43. The van der Waals surface area contributed by atoms with E-state index in [2.05, 4.69) is 0 Å². The topological polar surface area (TPSA) is 66.9 Å². The summed E-state index contributed by atoms with van der Waals surface area (Å²) in [5.74, 6) is -1.16. The number of likely N-dealkylation sites (tertiary alicyclic amines) is 1. The van der Waals surface area contributed by atoms with Crippen LogP contribution in [0.5, 0.6) is 0 Å². The van der Waals surface area contributed by atoms with E-state index >= 15 is 0 Å². The van der Waals surface area contributed by atoms with Crippen LogP contribution in [-0.4, -0.2) is 65.2 Å². The number of ether oxygens (including phenoxy) is 1. The van der Waals surface area contributed by atoms with Gasteiger partial charge >= 0.3 is 5.97 Å². The SMILES string of the molecule is CC(C)C(C(=O)OC(C)(C)C)N(C)C(=O)C1CN(C(=O)CCl)C1. The van der Waals surface area contributed by atoms with Crippen molar-refractivity contribution in [2.75, 3.05) is 26.0 Å². The van der Waals surface area contributed by atoms with Crippen LogP contribution in [0.2, 0.25) is 0 Å². The van der Waals surface area contributed by atoms with E-state index in [1.54, 1.807) is 32.7 Å². The Balaban J connectivity index is 2.72. The minimum Gasteiger partial charge on any atom is -0.458 e. The summed E-state index contributed by atoms with van der Waals surface area (Å²) in [4.78, 5) is 39.4. The van der Waals surface area contributed by atoms with Gasteiger partial charge in [-0.15, -0.1) is 11.6 Å². The van der Waals surface area contributed by atoms with E-state index in [0.29, 0.717) is 13.1 Å². The van der Waals surface area contributed by atoms with Crippen molar-refractivity contribution in [1.29, 1.82) is 0 Å². The van der Waals surface area contributed by atoms with Crippen LogP contribution in [0.1, 0.15) is 34.6 Å². The molecule has 0 spiro atoms. The average Bonchev–Trinajstić information content (AvgIpc) is 2.33. The zero-order valence-corrected chi connectivity index (χ0v) is 15.5. The molecular formula is C16H27ClN2O4. The lowest BCUT2D eigenvalue weighted by molar-refractivity contribution is -0.168. The second-order valence-electron chi connectivity index (χ2n) is 7.30. The van der Waals surface area contributed by atoms with Crippen LogP contribution >= 0.6 is 11.6 Å². The van der Waals surface area contributed by atoms with Crippen molar-refractivity contribution < 1.29 is 19.1 Å². The minimum absolute atomic E-state index is 0.0700. The molecule has 0 aromatic carbocycles. The molecule has 6 nitrogen and oxygen atoms in total. The van der Waals surface area contributed by atoms with Gasteiger partial charge in [-0.3, -0.25) is 9.59 Å². The van der Waals surface area contributed by atoms with Gasteiger partial charge in [-0.2, -0.15) is 0 Å². The van der Waals surface area contributed by atoms with Gasteiger partial charge in [0.2, 0.25) is 11.8 Å². The Morgan fingerprint density at radius 2 is 1.78 bits per heavy atom. The number of hydrogen-bond donors (Lipinski definition) is 0. The second kappa shape index (κ2) is 7.51. The highest BCUT2D eigenvalue weighted by molar-refractivity contribution is 6.27. The van der Waals surface area contributed by atoms with E-state index in [-0.39, 0.29) is 29.5 Å². The first-order chi connectivity index (χ1) is 10.5. The van der Waals surface area contributed by atoms with E-state index in [0.717, 1.165) is 0 Å². The zero-order valence-electron chi connectivity index (χ0n) is 14.8. The first-order valence-corrected chi connectivity index (χ1v) is 8.34. The van der Waals surface area contributed by atoms with Crippen LogP contribution in [0.25, 0.3) is 0 Å². The molecule has 0 aliphatic carbocycles. The third kappa shape index (κ3) is 5.09. The Morgan fingerprint density at radius 1 is 1.26 bits per heavy atom. The van der Waals surface area contributed by atoms with Gasteiger partial charge in [-0.1, -0.05) is 13.8 Å². The molecule has 0 radical (unpaired) electrons. The first kappa shape index (κ1) is 19.7. The predicted octanol–water partition coefficient (Wildman–Crippen LogP) is 1.51. The van der Waals surface area contributed by atoms with Crippen molar-refractivity contribution in [3.8, 4) is 0 Å². The van der Waals surface area contributed by atoms with E-state index < -0.39 is 17.6 Å². The van der Waals surface area contributed by atoms with Crippen molar-refractivity contribution >= 4 is 29.4 Å². The molecule has 7 heteroatoms. The fourth-order valence-electron chi connectivity index (χ4n) is 2.59. The summed E-state index contributed by atoms with van der Waals surface area (Å²) in [5, 5.41) is 0. The summed E-state index contributed by atoms with van der Waals surface area (Å²) in [6.07, 6.45) is 0. The molecule has 1 aliphatic rings. The Hall–Kier alpha value is -1.30. The molecule has 2 amide bonds. The van der Waals surface area contributed by atoms with E-state index in [1.807, 2.05) is 13.8 Å². The molecule has 1 heterocycles. The molecule has 1 rings (SSSR count). The van der Waals surface area contributed by atoms with Gasteiger partial charge in [-0.25, -0.2) is 4.79 Å². The maximum absolute atomic E-state index is 12.5. The minimum atomic E-state index is -0.639. The molecule has 1 unspecified atom stereocenters. The lowest BCUT2D eigenvalue weighted by Gasteiger charge is -2.41. The van der Waals surface area contributed by atoms with Crippen molar-refractivity contribution in [2.45, 2.75) is 46.3 Å². The molecule has 0 aromatic rings. The molecule has 0 saturated carbocycles. The molecule has 0 bridgehead atoms. The van der Waals surface area contributed by atoms with Gasteiger partial charge in [0.15, 0.2) is 0 Å². The van der Waals surface area contributed by atoms with Crippen LogP contribution in [0.15, 0.2) is 0 Å². The lowest BCUT2D eigenvalue weighted by atomic mass is 9.95. The highest BCUT2D eigenvalue weighted by atomic mass is 35.5. The maximum atomic E-state index is 12.5. The van der Waals surface area contributed by atoms with Gasteiger partial charge in [0, 0.05) is 20.1 Å². The van der Waals surface area contributed by atoms with E-state index in [9.17, 15) is 14.4 Å². The Labute approximate surface area is 143 Å². The lowest BCUT2D eigenvalue weighted by Crippen LogP contribution is -2.59. The van der Waals surface area contributed by atoms with Crippen LogP contribution in [-0.2, 0) is 19.1 Å². The summed E-state index contributed by atoms with van der Waals surface area (Å²) in [7, 11) is 1.61. The number of alkyl halides is 1. The molecule has 1 fully saturated rings. The number of carbonyl (C=O) groups is 3.